The zero-order valence-electron chi connectivity index (χ0n) is 10.4. The van der Waals surface area contributed by atoms with Crippen molar-refractivity contribution in [2.24, 2.45) is 0 Å². The maximum atomic E-state index is 6.40. The molecule has 17 heavy (non-hydrogen) atoms. The fourth-order valence-corrected chi connectivity index (χ4v) is 3.04. The largest absolute Gasteiger partial charge is 0.120 e. The highest BCUT2D eigenvalue weighted by atomic mass is 35.5. The predicted octanol–water partition coefficient (Wildman–Crippen LogP) is 4.74. The highest BCUT2D eigenvalue weighted by Gasteiger charge is 2.17. The zero-order chi connectivity index (χ0) is 12.3. The van der Waals surface area contributed by atoms with E-state index in [2.05, 4.69) is 25.0 Å². The first-order valence-corrected chi connectivity index (χ1v) is 6.88. The van der Waals surface area contributed by atoms with Crippen LogP contribution in [0.1, 0.15) is 55.2 Å². The molecule has 1 aliphatic rings. The van der Waals surface area contributed by atoms with Gasteiger partial charge in [0.05, 0.1) is 0 Å². The van der Waals surface area contributed by atoms with E-state index in [0.29, 0.717) is 5.92 Å². The summed E-state index contributed by atoms with van der Waals surface area (Å²) in [6, 6.07) is 4.48. The van der Waals surface area contributed by atoms with E-state index in [4.69, 9.17) is 18.0 Å². The van der Waals surface area contributed by atoms with Crippen molar-refractivity contribution < 1.29 is 0 Å². The summed E-state index contributed by atoms with van der Waals surface area (Å²) in [6.07, 6.45) is 12.3. The second-order valence-corrected chi connectivity index (χ2v) is 5.27. The highest BCUT2D eigenvalue weighted by molar-refractivity contribution is 6.31. The van der Waals surface area contributed by atoms with E-state index >= 15 is 0 Å². The van der Waals surface area contributed by atoms with Gasteiger partial charge >= 0.3 is 0 Å². The van der Waals surface area contributed by atoms with Crippen LogP contribution in [0.2, 0.25) is 5.02 Å². The van der Waals surface area contributed by atoms with Crippen LogP contribution in [-0.4, -0.2) is 0 Å². The number of rotatable bonds is 3. The predicted molar refractivity (Wildman–Crippen MR) is 74.6 cm³/mol. The number of terminal acetylenes is 1. The molecular formula is C16H19Cl. The van der Waals surface area contributed by atoms with E-state index < -0.39 is 0 Å². The van der Waals surface area contributed by atoms with Crippen LogP contribution in [0.5, 0.6) is 0 Å². The molecular weight excluding hydrogens is 228 g/mol. The van der Waals surface area contributed by atoms with Crippen LogP contribution < -0.4 is 0 Å². The zero-order valence-corrected chi connectivity index (χ0v) is 11.2. The molecule has 0 N–H and O–H groups in total. The molecule has 0 saturated carbocycles. The van der Waals surface area contributed by atoms with Crippen molar-refractivity contribution in [3.8, 4) is 12.3 Å². The van der Waals surface area contributed by atoms with Gasteiger partial charge in [-0.2, -0.15) is 0 Å². The second-order valence-electron chi connectivity index (χ2n) is 4.86. The fourth-order valence-electron chi connectivity index (χ4n) is 2.70. The van der Waals surface area contributed by atoms with Crippen LogP contribution in [0.15, 0.2) is 12.1 Å². The maximum Gasteiger partial charge on any atom is 0.0444 e. The van der Waals surface area contributed by atoms with Gasteiger partial charge in [-0.05, 0) is 60.8 Å². The van der Waals surface area contributed by atoms with Gasteiger partial charge in [0.1, 0.15) is 0 Å². The van der Waals surface area contributed by atoms with Crippen molar-refractivity contribution in [2.75, 3.05) is 0 Å². The number of halogens is 1. The molecule has 0 spiro atoms. The average molecular weight is 247 g/mol. The van der Waals surface area contributed by atoms with Crippen LogP contribution >= 0.6 is 11.6 Å². The summed E-state index contributed by atoms with van der Waals surface area (Å²) in [6.45, 7) is 2.18. The standard InChI is InChI=1S/C16H19Cl/c1-3-7-12(4-2)15-10-13-8-5-6-9-14(13)11-16(15)17/h1,10-12H,4-9H2,2H3. The first kappa shape index (κ1) is 12.5. The molecule has 90 valence electrons. The van der Waals surface area contributed by atoms with Crippen LogP contribution in [0.25, 0.3) is 0 Å². The van der Waals surface area contributed by atoms with Gasteiger partial charge in [-0.1, -0.05) is 24.6 Å². The minimum absolute atomic E-state index is 0.416. The molecule has 0 radical (unpaired) electrons. The Kier molecular flexibility index (Phi) is 4.13. The second kappa shape index (κ2) is 5.61. The molecule has 0 aliphatic heterocycles. The average Bonchev–Trinajstić information content (AvgIpc) is 2.35. The van der Waals surface area contributed by atoms with Crippen molar-refractivity contribution in [1.82, 2.24) is 0 Å². The Balaban J connectivity index is 2.37. The SMILES string of the molecule is C#CCC(CC)c1cc2c(cc1Cl)CCCC2. The lowest BCUT2D eigenvalue weighted by molar-refractivity contribution is 0.664. The molecule has 1 unspecified atom stereocenters. The van der Waals surface area contributed by atoms with E-state index in [9.17, 15) is 0 Å². The van der Waals surface area contributed by atoms with Crippen molar-refractivity contribution in [1.29, 1.82) is 0 Å². The lowest BCUT2D eigenvalue weighted by Gasteiger charge is -2.21. The molecule has 1 aliphatic carbocycles. The first-order chi connectivity index (χ1) is 8.26. The molecule has 1 aromatic carbocycles. The van der Waals surface area contributed by atoms with Gasteiger partial charge in [0.25, 0.3) is 0 Å². The van der Waals surface area contributed by atoms with Gasteiger partial charge in [0.15, 0.2) is 0 Å². The molecule has 1 atom stereocenters. The number of hydrogen-bond acceptors (Lipinski definition) is 0. The van der Waals surface area contributed by atoms with Crippen LogP contribution in [0.4, 0.5) is 0 Å². The summed E-state index contributed by atoms with van der Waals surface area (Å²) in [5.41, 5.74) is 4.19. The molecule has 0 bridgehead atoms. The molecule has 1 heteroatoms. The number of aryl methyl sites for hydroxylation is 2. The normalized spacial score (nSPS) is 16.1. The van der Waals surface area contributed by atoms with Gasteiger partial charge in [0, 0.05) is 11.4 Å². The lowest BCUT2D eigenvalue weighted by atomic mass is 9.86. The Hall–Kier alpha value is -0.930. The summed E-state index contributed by atoms with van der Waals surface area (Å²) in [4.78, 5) is 0. The topological polar surface area (TPSA) is 0 Å². The van der Waals surface area contributed by atoms with Crippen molar-refractivity contribution in [2.45, 2.75) is 51.4 Å². The molecule has 1 aromatic rings. The minimum atomic E-state index is 0.416. The number of benzene rings is 1. The molecule has 0 amide bonds. The fraction of sp³-hybridized carbons (Fsp3) is 0.500. The third kappa shape index (κ3) is 2.67. The molecule has 0 nitrogen and oxygen atoms in total. The van der Waals surface area contributed by atoms with Crippen molar-refractivity contribution >= 4 is 11.6 Å². The van der Waals surface area contributed by atoms with Gasteiger partial charge in [-0.25, -0.2) is 0 Å². The molecule has 2 rings (SSSR count). The van der Waals surface area contributed by atoms with E-state index in [0.717, 1.165) is 17.9 Å². The summed E-state index contributed by atoms with van der Waals surface area (Å²) in [5.74, 6) is 3.18. The van der Waals surface area contributed by atoms with Crippen LogP contribution in [0.3, 0.4) is 0 Å². The molecule has 0 fully saturated rings. The van der Waals surface area contributed by atoms with Crippen LogP contribution in [-0.2, 0) is 12.8 Å². The van der Waals surface area contributed by atoms with Gasteiger partial charge in [0.2, 0.25) is 0 Å². The van der Waals surface area contributed by atoms with E-state index in [-0.39, 0.29) is 0 Å². The lowest BCUT2D eigenvalue weighted by Crippen LogP contribution is -2.06. The summed E-state index contributed by atoms with van der Waals surface area (Å²) < 4.78 is 0. The van der Waals surface area contributed by atoms with E-state index in [1.165, 1.54) is 42.4 Å². The molecule has 0 heterocycles. The Labute approximate surface area is 109 Å². The van der Waals surface area contributed by atoms with E-state index in [1.807, 2.05) is 0 Å². The minimum Gasteiger partial charge on any atom is -0.120 e. The van der Waals surface area contributed by atoms with Gasteiger partial charge in [-0.15, -0.1) is 12.3 Å². The van der Waals surface area contributed by atoms with Gasteiger partial charge < -0.3 is 0 Å². The summed E-state index contributed by atoms with van der Waals surface area (Å²) in [7, 11) is 0. The van der Waals surface area contributed by atoms with Gasteiger partial charge in [-0.3, -0.25) is 0 Å². The summed E-state index contributed by atoms with van der Waals surface area (Å²) in [5, 5.41) is 0.910. The quantitative estimate of drug-likeness (QED) is 0.676. The highest BCUT2D eigenvalue weighted by Crippen LogP contribution is 2.34. The Bertz CT molecular complexity index is 440. The monoisotopic (exact) mass is 246 g/mol. The first-order valence-electron chi connectivity index (χ1n) is 6.51. The smallest absolute Gasteiger partial charge is 0.0444 e. The van der Waals surface area contributed by atoms with E-state index in [1.54, 1.807) is 0 Å². The molecule has 0 saturated heterocycles. The third-order valence-corrected chi connectivity index (χ3v) is 4.09. The van der Waals surface area contributed by atoms with Crippen molar-refractivity contribution in [3.63, 3.8) is 0 Å². The number of fused-ring (bicyclic) bond motifs is 1. The number of hydrogen-bond donors (Lipinski definition) is 0. The molecule has 0 aromatic heterocycles. The Morgan fingerprint density at radius 1 is 1.29 bits per heavy atom. The van der Waals surface area contributed by atoms with Crippen molar-refractivity contribution in [3.05, 3.63) is 33.8 Å². The Morgan fingerprint density at radius 3 is 2.53 bits per heavy atom. The summed E-state index contributed by atoms with van der Waals surface area (Å²) >= 11 is 6.40. The maximum absolute atomic E-state index is 6.40. The van der Waals surface area contributed by atoms with Crippen LogP contribution in [0, 0.1) is 12.3 Å². The third-order valence-electron chi connectivity index (χ3n) is 3.76. The Morgan fingerprint density at radius 2 is 1.94 bits per heavy atom.